The van der Waals surface area contributed by atoms with Gasteiger partial charge in [0.15, 0.2) is 5.62 Å². The van der Waals surface area contributed by atoms with Gasteiger partial charge in [0.25, 0.3) is 0 Å². The van der Waals surface area contributed by atoms with Gasteiger partial charge >= 0.3 is 0 Å². The van der Waals surface area contributed by atoms with Crippen molar-refractivity contribution in [2.24, 2.45) is 4.99 Å². The van der Waals surface area contributed by atoms with E-state index in [0.29, 0.717) is 0 Å². The molecule has 2 aromatic rings. The van der Waals surface area contributed by atoms with E-state index < -0.39 is 0 Å². The van der Waals surface area contributed by atoms with Crippen molar-refractivity contribution in [3.63, 3.8) is 0 Å². The predicted octanol–water partition coefficient (Wildman–Crippen LogP) is 3.48. The molecule has 92 valence electrons. The number of allylic oxidation sites excluding steroid dienone is 2. The van der Waals surface area contributed by atoms with Gasteiger partial charge in [-0.2, -0.15) is 0 Å². The first-order valence-electron chi connectivity index (χ1n) is 5.91. The van der Waals surface area contributed by atoms with Crippen molar-refractivity contribution in [2.75, 3.05) is 0 Å². The largest absolute Gasteiger partial charge is 0.361 e. The average Bonchev–Trinajstić information content (AvgIpc) is 2.81. The fourth-order valence-corrected chi connectivity index (χ4v) is 2.45. The van der Waals surface area contributed by atoms with Crippen LogP contribution in [0.5, 0.6) is 0 Å². The Bertz CT molecular complexity index is 627. The second-order valence-corrected chi connectivity index (χ2v) is 4.83. The highest BCUT2D eigenvalue weighted by atomic mass is 35.5. The number of hydrogen-bond acceptors (Lipinski definition) is 2. The number of aromatic amines is 1. The van der Waals surface area contributed by atoms with Gasteiger partial charge in [0.05, 0.1) is 0 Å². The molecule has 1 aliphatic rings. The molecule has 1 unspecified atom stereocenters. The fourth-order valence-electron chi connectivity index (χ4n) is 2.16. The van der Waals surface area contributed by atoms with Crippen molar-refractivity contribution >= 4 is 28.7 Å². The third-order valence-electron chi connectivity index (χ3n) is 3.21. The molecule has 0 spiro atoms. The molecule has 1 N–H and O–H groups in total. The Labute approximate surface area is 111 Å². The van der Waals surface area contributed by atoms with E-state index in [4.69, 9.17) is 11.6 Å². The molecule has 1 aromatic heterocycles. The van der Waals surface area contributed by atoms with E-state index in [1.807, 2.05) is 12.3 Å². The Hall–Kier alpha value is -1.74. The molecule has 0 radical (unpaired) electrons. The molecular formula is C14H14ClN3. The van der Waals surface area contributed by atoms with Crippen LogP contribution < -0.4 is 0 Å². The van der Waals surface area contributed by atoms with Gasteiger partial charge in [-0.3, -0.25) is 4.99 Å². The van der Waals surface area contributed by atoms with Gasteiger partial charge in [0.1, 0.15) is 0 Å². The molecule has 4 heteroatoms. The minimum absolute atomic E-state index is 0.308. The Balaban J connectivity index is 1.87. The summed E-state index contributed by atoms with van der Waals surface area (Å²) in [5, 5.41) is 1.22. The number of halogens is 1. The van der Waals surface area contributed by atoms with E-state index in [-0.39, 0.29) is 5.62 Å². The number of aliphatic imine (C=N–C) groups is 1. The van der Waals surface area contributed by atoms with Crippen LogP contribution in [0.4, 0.5) is 0 Å². The van der Waals surface area contributed by atoms with Crippen LogP contribution in [0.1, 0.15) is 12.5 Å². The lowest BCUT2D eigenvalue weighted by Gasteiger charge is -2.29. The molecule has 1 aromatic carbocycles. The molecule has 1 atom stereocenters. The summed E-state index contributed by atoms with van der Waals surface area (Å²) < 4.78 is 0. The van der Waals surface area contributed by atoms with E-state index in [2.05, 4.69) is 46.1 Å². The molecule has 18 heavy (non-hydrogen) atoms. The van der Waals surface area contributed by atoms with Gasteiger partial charge in [-0.05, 0) is 42.1 Å². The molecule has 2 heterocycles. The summed E-state index contributed by atoms with van der Waals surface area (Å²) in [5.74, 6) is 0. The summed E-state index contributed by atoms with van der Waals surface area (Å²) in [6.45, 7) is 2.82. The van der Waals surface area contributed by atoms with Crippen molar-refractivity contribution in [3.8, 4) is 0 Å². The summed E-state index contributed by atoms with van der Waals surface area (Å²) >= 11 is 6.21. The zero-order valence-electron chi connectivity index (χ0n) is 10.1. The number of nitrogens with zero attached hydrogens (tertiary/aromatic N) is 2. The van der Waals surface area contributed by atoms with Crippen LogP contribution in [0.25, 0.3) is 10.9 Å². The monoisotopic (exact) mass is 259 g/mol. The summed E-state index contributed by atoms with van der Waals surface area (Å²) in [6.07, 6.45) is 5.70. The van der Waals surface area contributed by atoms with Crippen LogP contribution in [0.15, 0.2) is 47.2 Å². The number of fused-ring (bicyclic) bond motifs is 1. The van der Waals surface area contributed by atoms with Crippen LogP contribution in [0.3, 0.4) is 0 Å². The minimum atomic E-state index is -0.308. The van der Waals surface area contributed by atoms with Gasteiger partial charge in [0, 0.05) is 30.2 Å². The second kappa shape index (κ2) is 4.50. The maximum absolute atomic E-state index is 6.21. The molecule has 0 saturated heterocycles. The normalized spacial score (nSPS) is 19.3. The number of aromatic nitrogens is 1. The van der Waals surface area contributed by atoms with Crippen molar-refractivity contribution < 1.29 is 0 Å². The lowest BCUT2D eigenvalue weighted by atomic mass is 10.1. The van der Waals surface area contributed by atoms with E-state index in [0.717, 1.165) is 17.8 Å². The Kier molecular flexibility index (Phi) is 2.84. The van der Waals surface area contributed by atoms with Crippen molar-refractivity contribution in [2.45, 2.75) is 19.1 Å². The Morgan fingerprint density at radius 3 is 3.11 bits per heavy atom. The fraction of sp³-hybridized carbons (Fsp3) is 0.214. The van der Waals surface area contributed by atoms with Crippen LogP contribution in [-0.4, -0.2) is 21.7 Å². The summed E-state index contributed by atoms with van der Waals surface area (Å²) in [4.78, 5) is 9.47. The quantitative estimate of drug-likeness (QED) is 0.650. The second-order valence-electron chi connectivity index (χ2n) is 4.44. The molecule has 0 saturated carbocycles. The zero-order chi connectivity index (χ0) is 12.5. The minimum Gasteiger partial charge on any atom is -0.361 e. The summed E-state index contributed by atoms with van der Waals surface area (Å²) in [5.41, 5.74) is 3.22. The Morgan fingerprint density at radius 2 is 2.28 bits per heavy atom. The summed E-state index contributed by atoms with van der Waals surface area (Å²) in [6, 6.07) is 8.48. The first-order chi connectivity index (χ1) is 8.74. The molecule has 3 nitrogen and oxygen atoms in total. The SMILES string of the molecule is CC1=CC=NC(Cl)N1Cc1ccc2[nH]ccc2c1. The van der Waals surface area contributed by atoms with E-state index in [1.165, 1.54) is 10.9 Å². The number of alkyl halides is 1. The highest BCUT2D eigenvalue weighted by Gasteiger charge is 2.17. The first kappa shape index (κ1) is 11.4. The van der Waals surface area contributed by atoms with E-state index in [1.54, 1.807) is 6.21 Å². The van der Waals surface area contributed by atoms with Gasteiger partial charge in [-0.25, -0.2) is 0 Å². The molecule has 0 fully saturated rings. The van der Waals surface area contributed by atoms with E-state index in [9.17, 15) is 0 Å². The van der Waals surface area contributed by atoms with Crippen LogP contribution in [0, 0.1) is 0 Å². The smallest absolute Gasteiger partial charge is 0.197 e. The van der Waals surface area contributed by atoms with Crippen LogP contribution >= 0.6 is 11.6 Å². The Morgan fingerprint density at radius 1 is 1.39 bits per heavy atom. The number of hydrogen-bond donors (Lipinski definition) is 1. The number of benzene rings is 1. The number of rotatable bonds is 2. The van der Waals surface area contributed by atoms with Gasteiger partial charge in [-0.1, -0.05) is 17.7 Å². The number of H-pyrrole nitrogens is 1. The molecule has 3 rings (SSSR count). The maximum Gasteiger partial charge on any atom is 0.197 e. The van der Waals surface area contributed by atoms with E-state index >= 15 is 0 Å². The van der Waals surface area contributed by atoms with Crippen molar-refractivity contribution in [3.05, 3.63) is 47.8 Å². The maximum atomic E-state index is 6.21. The highest BCUT2D eigenvalue weighted by Crippen LogP contribution is 2.22. The molecule has 0 aliphatic carbocycles. The lowest BCUT2D eigenvalue weighted by molar-refractivity contribution is 0.315. The van der Waals surface area contributed by atoms with Crippen molar-refractivity contribution in [1.29, 1.82) is 0 Å². The topological polar surface area (TPSA) is 31.4 Å². The third kappa shape index (κ3) is 2.02. The van der Waals surface area contributed by atoms with Gasteiger partial charge < -0.3 is 9.88 Å². The predicted molar refractivity (Wildman–Crippen MR) is 75.7 cm³/mol. The molecule has 1 aliphatic heterocycles. The van der Waals surface area contributed by atoms with Gasteiger partial charge in [-0.15, -0.1) is 0 Å². The van der Waals surface area contributed by atoms with Crippen LogP contribution in [-0.2, 0) is 6.54 Å². The van der Waals surface area contributed by atoms with Gasteiger partial charge in [0.2, 0.25) is 0 Å². The van der Waals surface area contributed by atoms with Crippen LogP contribution in [0.2, 0.25) is 0 Å². The highest BCUT2D eigenvalue weighted by molar-refractivity contribution is 6.20. The average molecular weight is 260 g/mol. The molecule has 0 bridgehead atoms. The van der Waals surface area contributed by atoms with Crippen molar-refractivity contribution in [1.82, 2.24) is 9.88 Å². The zero-order valence-corrected chi connectivity index (χ0v) is 10.9. The first-order valence-corrected chi connectivity index (χ1v) is 6.34. The lowest BCUT2D eigenvalue weighted by Crippen LogP contribution is -2.30. The third-order valence-corrected chi connectivity index (χ3v) is 3.55. The molecular weight excluding hydrogens is 246 g/mol. The molecule has 0 amide bonds. The number of nitrogens with one attached hydrogen (secondary N) is 1. The standard InChI is InChI=1S/C14H14ClN3/c1-10-4-6-17-14(15)18(10)9-11-2-3-13-12(8-11)5-7-16-13/h2-8,14,16H,9H2,1H3. The summed E-state index contributed by atoms with van der Waals surface area (Å²) in [7, 11) is 0.